The van der Waals surface area contributed by atoms with Crippen LogP contribution in [-0.4, -0.2) is 22.8 Å². The monoisotopic (exact) mass is 406 g/mol. The number of halogens is 2. The number of carbonyl (C=O) groups excluding carboxylic acids is 1. The minimum absolute atomic E-state index is 0.171. The fourth-order valence-corrected chi connectivity index (χ4v) is 2.91. The first-order valence-electron chi connectivity index (χ1n) is 5.23. The molecule has 0 amide bonds. The third kappa shape index (κ3) is 3.74. The second kappa shape index (κ2) is 6.44. The second-order valence-electron chi connectivity index (χ2n) is 3.27. The van der Waals surface area contributed by atoms with Gasteiger partial charge >= 0.3 is 5.97 Å². The average Bonchev–Trinajstić information content (AvgIpc) is 2.82. The summed E-state index contributed by atoms with van der Waals surface area (Å²) in [5, 5.41) is 7.97. The summed E-state index contributed by atoms with van der Waals surface area (Å²) in [7, 11) is 0. The fraction of sp³-hybridized carbons (Fsp3) is 0.182. The summed E-state index contributed by atoms with van der Waals surface area (Å²) in [4.78, 5) is 11.4. The van der Waals surface area contributed by atoms with Crippen LogP contribution in [0.5, 0.6) is 10.9 Å². The maximum atomic E-state index is 11.4. The molecule has 19 heavy (non-hydrogen) atoms. The lowest BCUT2D eigenvalue weighted by Crippen LogP contribution is -2.03. The average molecular weight is 408 g/mol. The van der Waals surface area contributed by atoms with Crippen LogP contribution in [-0.2, 0) is 4.74 Å². The minimum atomic E-state index is -0.496. The molecule has 8 heteroatoms. The van der Waals surface area contributed by atoms with E-state index in [4.69, 9.17) is 9.47 Å². The standard InChI is InChI=1S/C11H8Br2N2O3S/c1-2-17-10(16)9-14-15-11(19-9)18-8-4-3-6(12)5-7(8)13/h3-5H,2H2,1H3. The van der Waals surface area contributed by atoms with E-state index in [0.29, 0.717) is 12.4 Å². The molecule has 0 atom stereocenters. The number of hydrogen-bond acceptors (Lipinski definition) is 6. The Labute approximate surface area is 130 Å². The molecule has 0 unspecified atom stereocenters. The van der Waals surface area contributed by atoms with E-state index < -0.39 is 5.97 Å². The van der Waals surface area contributed by atoms with Crippen molar-refractivity contribution in [1.82, 2.24) is 10.2 Å². The maximum Gasteiger partial charge on any atom is 0.369 e. The van der Waals surface area contributed by atoms with E-state index >= 15 is 0 Å². The van der Waals surface area contributed by atoms with Gasteiger partial charge in [-0.15, -0.1) is 5.10 Å². The number of nitrogens with zero attached hydrogens (tertiary/aromatic N) is 2. The Kier molecular flexibility index (Phi) is 4.89. The molecule has 5 nitrogen and oxygen atoms in total. The number of ether oxygens (including phenoxy) is 2. The molecular weight excluding hydrogens is 400 g/mol. The van der Waals surface area contributed by atoms with Crippen molar-refractivity contribution >= 4 is 49.2 Å². The highest BCUT2D eigenvalue weighted by atomic mass is 79.9. The zero-order valence-corrected chi connectivity index (χ0v) is 13.7. The lowest BCUT2D eigenvalue weighted by molar-refractivity contribution is 0.0525. The van der Waals surface area contributed by atoms with Gasteiger partial charge in [0.05, 0.1) is 11.1 Å². The van der Waals surface area contributed by atoms with Crippen LogP contribution in [0.3, 0.4) is 0 Å². The van der Waals surface area contributed by atoms with Crippen molar-refractivity contribution in [3.8, 4) is 10.9 Å². The molecule has 0 aliphatic rings. The van der Waals surface area contributed by atoms with E-state index in [-0.39, 0.29) is 10.2 Å². The van der Waals surface area contributed by atoms with Crippen LogP contribution in [0.2, 0.25) is 0 Å². The minimum Gasteiger partial charge on any atom is -0.461 e. The van der Waals surface area contributed by atoms with Gasteiger partial charge < -0.3 is 9.47 Å². The van der Waals surface area contributed by atoms with Crippen molar-refractivity contribution in [3.05, 3.63) is 32.2 Å². The molecule has 100 valence electrons. The van der Waals surface area contributed by atoms with E-state index in [1.807, 2.05) is 12.1 Å². The zero-order chi connectivity index (χ0) is 13.8. The normalized spacial score (nSPS) is 10.3. The Morgan fingerprint density at radius 2 is 2.16 bits per heavy atom. The van der Waals surface area contributed by atoms with Crippen LogP contribution < -0.4 is 4.74 Å². The first-order valence-corrected chi connectivity index (χ1v) is 7.64. The zero-order valence-electron chi connectivity index (χ0n) is 9.72. The highest BCUT2D eigenvalue weighted by molar-refractivity contribution is 9.11. The molecule has 0 saturated carbocycles. The van der Waals surface area contributed by atoms with Crippen LogP contribution >= 0.6 is 43.2 Å². The molecule has 2 aromatic rings. The number of hydrogen-bond donors (Lipinski definition) is 0. The molecule has 0 saturated heterocycles. The molecule has 0 fully saturated rings. The Hall–Kier alpha value is -0.990. The second-order valence-corrected chi connectivity index (χ2v) is 5.98. The van der Waals surface area contributed by atoms with Crippen LogP contribution in [0.25, 0.3) is 0 Å². The van der Waals surface area contributed by atoms with Gasteiger partial charge in [0, 0.05) is 4.47 Å². The van der Waals surface area contributed by atoms with Crippen molar-refractivity contribution in [3.63, 3.8) is 0 Å². The van der Waals surface area contributed by atoms with E-state index in [1.54, 1.807) is 13.0 Å². The Bertz CT molecular complexity index is 603. The van der Waals surface area contributed by atoms with Crippen molar-refractivity contribution in [2.75, 3.05) is 6.61 Å². The van der Waals surface area contributed by atoms with Gasteiger partial charge in [-0.3, -0.25) is 0 Å². The van der Waals surface area contributed by atoms with Crippen LogP contribution in [0.1, 0.15) is 16.7 Å². The lowest BCUT2D eigenvalue weighted by Gasteiger charge is -2.03. The van der Waals surface area contributed by atoms with Gasteiger partial charge in [-0.2, -0.15) is 0 Å². The number of benzene rings is 1. The van der Waals surface area contributed by atoms with Gasteiger partial charge in [0.1, 0.15) is 5.75 Å². The highest BCUT2D eigenvalue weighted by Crippen LogP contribution is 2.33. The summed E-state index contributed by atoms with van der Waals surface area (Å²) in [5.41, 5.74) is 0. The summed E-state index contributed by atoms with van der Waals surface area (Å²) >= 11 is 7.76. The molecule has 0 aliphatic carbocycles. The number of carbonyl (C=O) groups is 1. The number of esters is 1. The molecule has 0 radical (unpaired) electrons. The van der Waals surface area contributed by atoms with Crippen molar-refractivity contribution < 1.29 is 14.3 Å². The number of rotatable bonds is 4. The molecule has 0 N–H and O–H groups in total. The molecule has 0 aliphatic heterocycles. The summed E-state index contributed by atoms with van der Waals surface area (Å²) in [5.74, 6) is 0.0967. The SMILES string of the molecule is CCOC(=O)c1nnc(Oc2ccc(Br)cc2Br)s1. The summed E-state index contributed by atoms with van der Waals surface area (Å²) in [6.07, 6.45) is 0. The van der Waals surface area contributed by atoms with Crippen LogP contribution in [0, 0.1) is 0 Å². The Balaban J connectivity index is 2.13. The smallest absolute Gasteiger partial charge is 0.369 e. The Morgan fingerprint density at radius 1 is 1.37 bits per heavy atom. The fourth-order valence-electron chi connectivity index (χ4n) is 1.18. The van der Waals surface area contributed by atoms with Crippen LogP contribution in [0.4, 0.5) is 0 Å². The summed E-state index contributed by atoms with van der Waals surface area (Å²) in [6, 6.07) is 5.47. The molecule has 0 bridgehead atoms. The first-order chi connectivity index (χ1) is 9.10. The van der Waals surface area contributed by atoms with Gasteiger partial charge in [-0.05, 0) is 52.4 Å². The third-order valence-electron chi connectivity index (χ3n) is 1.95. The van der Waals surface area contributed by atoms with E-state index in [1.165, 1.54) is 0 Å². The molecule has 2 rings (SSSR count). The van der Waals surface area contributed by atoms with Gasteiger partial charge in [0.25, 0.3) is 5.19 Å². The molecule has 1 heterocycles. The predicted octanol–water partition coefficient (Wildman–Crippen LogP) is 4.03. The van der Waals surface area contributed by atoms with Gasteiger partial charge in [0.15, 0.2) is 0 Å². The Morgan fingerprint density at radius 3 is 2.84 bits per heavy atom. The van der Waals surface area contributed by atoms with Gasteiger partial charge in [-0.25, -0.2) is 4.79 Å². The van der Waals surface area contributed by atoms with Crippen molar-refractivity contribution in [2.24, 2.45) is 0 Å². The van der Waals surface area contributed by atoms with Gasteiger partial charge in [-0.1, -0.05) is 21.0 Å². The molecule has 1 aromatic heterocycles. The highest BCUT2D eigenvalue weighted by Gasteiger charge is 2.15. The van der Waals surface area contributed by atoms with Crippen molar-refractivity contribution in [1.29, 1.82) is 0 Å². The largest absolute Gasteiger partial charge is 0.461 e. The third-order valence-corrected chi connectivity index (χ3v) is 3.84. The first kappa shape index (κ1) is 14.4. The van der Waals surface area contributed by atoms with E-state index in [2.05, 4.69) is 42.1 Å². The van der Waals surface area contributed by atoms with Crippen molar-refractivity contribution in [2.45, 2.75) is 6.92 Å². The quantitative estimate of drug-likeness (QED) is 0.716. The van der Waals surface area contributed by atoms with E-state index in [9.17, 15) is 4.79 Å². The van der Waals surface area contributed by atoms with E-state index in [0.717, 1.165) is 20.3 Å². The topological polar surface area (TPSA) is 61.3 Å². The summed E-state index contributed by atoms with van der Waals surface area (Å²) in [6.45, 7) is 2.03. The van der Waals surface area contributed by atoms with Crippen LogP contribution in [0.15, 0.2) is 27.1 Å². The van der Waals surface area contributed by atoms with Gasteiger partial charge in [0.2, 0.25) is 5.01 Å². The molecular formula is C11H8Br2N2O3S. The number of aromatic nitrogens is 2. The predicted molar refractivity (Wildman–Crippen MR) is 77.8 cm³/mol. The molecule has 1 aromatic carbocycles. The maximum absolute atomic E-state index is 11.4. The lowest BCUT2D eigenvalue weighted by atomic mass is 10.3. The summed E-state index contributed by atoms with van der Waals surface area (Å²) < 4.78 is 12.1. The molecule has 0 spiro atoms.